The molecule has 20 heteroatoms. The van der Waals surface area contributed by atoms with E-state index >= 15 is 0 Å². The highest BCUT2D eigenvalue weighted by Gasteiger charge is 2.67. The molecule has 8 atom stereocenters. The van der Waals surface area contributed by atoms with E-state index in [1.807, 2.05) is 4.72 Å². The van der Waals surface area contributed by atoms with Gasteiger partial charge >= 0.3 is 6.09 Å². The van der Waals surface area contributed by atoms with Crippen molar-refractivity contribution >= 4 is 50.8 Å². The Morgan fingerprint density at radius 1 is 1.02 bits per heavy atom. The molecule has 3 aliphatic heterocycles. The second-order valence-electron chi connectivity index (χ2n) is 18.1. The highest BCUT2D eigenvalue weighted by atomic mass is 32.2. The zero-order valence-corrected chi connectivity index (χ0v) is 36.1. The van der Waals surface area contributed by atoms with Crippen molar-refractivity contribution in [1.82, 2.24) is 35.1 Å². The van der Waals surface area contributed by atoms with Crippen LogP contribution in [0.25, 0.3) is 11.0 Å². The smallest absolute Gasteiger partial charge is 0.408 e. The van der Waals surface area contributed by atoms with Gasteiger partial charge in [-0.15, -0.1) is 0 Å². The lowest BCUT2D eigenvalue weighted by Gasteiger charge is -2.36. The predicted octanol–water partition coefficient (Wildman–Crippen LogP) is 3.23. The molecule has 4 heterocycles. The molecule has 0 radical (unpaired) electrons. The lowest BCUT2D eigenvalue weighted by Crippen LogP contribution is -2.61. The second-order valence-corrected chi connectivity index (χ2v) is 20.1. The number of methoxy groups -OCH3 is 1. The number of alkyl carbamates (subject to hydrolysis) is 1. The Balaban J connectivity index is 1.27. The highest BCUT2D eigenvalue weighted by Crippen LogP contribution is 2.49. The van der Waals surface area contributed by atoms with Crippen molar-refractivity contribution in [2.75, 3.05) is 20.2 Å². The average Bonchev–Trinajstić information content (AvgIpc) is 4.10. The number of aromatic nitrogens is 2. The zero-order chi connectivity index (χ0) is 44.2. The van der Waals surface area contributed by atoms with Gasteiger partial charge in [0.2, 0.25) is 40.1 Å². The number of fused-ring (bicyclic) bond motifs is 5. The summed E-state index contributed by atoms with van der Waals surface area (Å²) in [5.41, 5.74) is -1.68. The van der Waals surface area contributed by atoms with Gasteiger partial charge in [0.15, 0.2) is 0 Å². The van der Waals surface area contributed by atoms with Crippen molar-refractivity contribution in [3.05, 3.63) is 23.9 Å². The molecular weight excluding hydrogens is 821 g/mol. The molecule has 5 amide bonds. The number of nitrogens with one attached hydrogen (secondary N) is 3. The Hall–Kier alpha value is -4.88. The number of hydrogen-bond donors (Lipinski definition) is 3. The number of amides is 5. The summed E-state index contributed by atoms with van der Waals surface area (Å²) >= 11 is 0. The van der Waals surface area contributed by atoms with Crippen LogP contribution in [0.4, 0.5) is 13.6 Å². The summed E-state index contributed by atoms with van der Waals surface area (Å²) in [4.78, 5) is 82.0. The number of ether oxygens (including phenoxy) is 3. The van der Waals surface area contributed by atoms with Gasteiger partial charge in [-0.05, 0) is 56.1 Å². The largest absolute Gasteiger partial charge is 0.497 e. The van der Waals surface area contributed by atoms with Crippen molar-refractivity contribution in [3.8, 4) is 11.6 Å². The molecule has 61 heavy (non-hydrogen) atoms. The molecular formula is C41H55F2N7O10S. The molecule has 0 spiro atoms. The van der Waals surface area contributed by atoms with Crippen molar-refractivity contribution in [2.45, 2.75) is 140 Å². The Kier molecular flexibility index (Phi) is 12.1. The molecule has 2 saturated carbocycles. The van der Waals surface area contributed by atoms with E-state index in [9.17, 15) is 41.2 Å². The molecule has 3 N–H and O–H groups in total. The molecule has 1 aromatic heterocycles. The van der Waals surface area contributed by atoms with Crippen LogP contribution in [0.5, 0.6) is 11.6 Å². The maximum Gasteiger partial charge on any atom is 0.408 e. The molecule has 2 aromatic rings. The van der Waals surface area contributed by atoms with Crippen molar-refractivity contribution in [3.63, 3.8) is 0 Å². The lowest BCUT2D eigenvalue weighted by atomic mass is 9.85. The van der Waals surface area contributed by atoms with Gasteiger partial charge in [0.1, 0.15) is 41.3 Å². The monoisotopic (exact) mass is 875 g/mol. The number of nitrogens with zero attached hydrogens (tertiary/aromatic N) is 4. The van der Waals surface area contributed by atoms with E-state index < -0.39 is 105 Å². The Labute approximate surface area is 353 Å². The van der Waals surface area contributed by atoms with Gasteiger partial charge in [-0.2, -0.15) is 0 Å². The first-order chi connectivity index (χ1) is 28.7. The second kappa shape index (κ2) is 16.8. The first kappa shape index (κ1) is 44.2. The highest BCUT2D eigenvalue weighted by molar-refractivity contribution is 7.91. The fourth-order valence-electron chi connectivity index (χ4n) is 8.95. The first-order valence-electron chi connectivity index (χ1n) is 21.0. The molecule has 2 saturated heterocycles. The number of carbonyl (C=O) groups is 5. The molecule has 1 unspecified atom stereocenters. The molecule has 17 nitrogen and oxygen atoms in total. The van der Waals surface area contributed by atoms with E-state index in [1.165, 1.54) is 18.9 Å². The zero-order valence-electron chi connectivity index (χ0n) is 35.2. The summed E-state index contributed by atoms with van der Waals surface area (Å²) in [5, 5.41) is 4.35. The molecule has 5 aliphatic rings. The number of alkyl halides is 2. The summed E-state index contributed by atoms with van der Waals surface area (Å²) in [6.45, 7) is 8.40. The van der Waals surface area contributed by atoms with Crippen LogP contribution >= 0.6 is 0 Å². The van der Waals surface area contributed by atoms with Crippen LogP contribution in [0.15, 0.2) is 18.2 Å². The number of benzene rings is 1. The van der Waals surface area contributed by atoms with Gasteiger partial charge in [0, 0.05) is 31.9 Å². The maximum absolute atomic E-state index is 14.9. The van der Waals surface area contributed by atoms with E-state index in [0.717, 1.165) is 6.42 Å². The fourth-order valence-corrected chi connectivity index (χ4v) is 10.3. The standard InChI is InChI=1S/C41H55F2N7O10S/c1-21-31-20-50(32(21)35(52)47-41(19-25(41)34(42)43)38(54)48-61(56,57)24-13-14-24)37(53)33(40(3,4)5)46-39(55)60-30-16-17-49(22(2)51)29(30)11-9-7-8-10-27-36(59-31)45-28-18-23(58-6)12-15-26(28)44-27/h12,15,18,21,24-25,29-34H,7-11,13-14,16-17,19-20H2,1-6H3,(H,46,55)(H,47,52)(H,48,54)/t21-,25+,29?,30-,31+,32+,33-,41-/m1/s1. The van der Waals surface area contributed by atoms with Crippen LogP contribution in [0.2, 0.25) is 0 Å². The van der Waals surface area contributed by atoms with E-state index in [0.29, 0.717) is 74.0 Å². The van der Waals surface area contributed by atoms with Crippen LogP contribution in [-0.2, 0) is 40.4 Å². The Bertz CT molecular complexity index is 2190. The van der Waals surface area contributed by atoms with Crippen LogP contribution in [-0.4, -0.2) is 126 Å². The summed E-state index contributed by atoms with van der Waals surface area (Å²) in [7, 11) is -2.65. The Morgan fingerprint density at radius 3 is 2.39 bits per heavy atom. The van der Waals surface area contributed by atoms with Crippen LogP contribution < -0.4 is 24.8 Å². The average molecular weight is 876 g/mol. The fraction of sp³-hybridized carbons (Fsp3) is 0.683. The number of rotatable bonds is 7. The molecule has 1 aromatic carbocycles. The van der Waals surface area contributed by atoms with Crippen molar-refractivity contribution in [1.29, 1.82) is 0 Å². The van der Waals surface area contributed by atoms with Crippen LogP contribution in [0, 0.1) is 17.3 Å². The molecule has 334 valence electrons. The number of halogens is 2. The third kappa shape index (κ3) is 9.05. The third-order valence-electron chi connectivity index (χ3n) is 12.7. The summed E-state index contributed by atoms with van der Waals surface area (Å²) in [6, 6.07) is 2.08. The van der Waals surface area contributed by atoms with Gasteiger partial charge in [-0.25, -0.2) is 32.0 Å². The number of sulfonamides is 1. The maximum atomic E-state index is 14.9. The van der Waals surface area contributed by atoms with E-state index in [1.54, 1.807) is 50.8 Å². The van der Waals surface area contributed by atoms with Gasteiger partial charge in [-0.3, -0.25) is 23.9 Å². The van der Waals surface area contributed by atoms with E-state index in [4.69, 9.17) is 24.2 Å². The number of aryl methyl sites for hydroxylation is 1. The van der Waals surface area contributed by atoms with E-state index in [2.05, 4.69) is 10.6 Å². The van der Waals surface area contributed by atoms with Gasteiger partial charge in [0.05, 0.1) is 41.9 Å². The summed E-state index contributed by atoms with van der Waals surface area (Å²) in [6.07, 6.45) is -1.99. The minimum Gasteiger partial charge on any atom is -0.497 e. The van der Waals surface area contributed by atoms with Crippen molar-refractivity contribution < 1.29 is 55.4 Å². The SMILES string of the molecule is COc1ccc2nc3c(nc2c1)O[C@H]1CN(C(=O)[C@H](C(C)(C)C)NC(=O)O[C@@H]2CCN(C(C)=O)C2CCCCC3)[C@H](C(=O)N[C@]2(C(=O)NS(=O)(=O)C3CC3)C[C@H]2C(F)F)[C@@H]1C. The van der Waals surface area contributed by atoms with E-state index in [-0.39, 0.29) is 18.3 Å². The number of carbonyl (C=O) groups excluding carboxylic acids is 5. The van der Waals surface area contributed by atoms with Gasteiger partial charge in [-0.1, -0.05) is 40.5 Å². The van der Waals surface area contributed by atoms with Gasteiger partial charge in [0.25, 0.3) is 5.91 Å². The molecule has 4 fully saturated rings. The van der Waals surface area contributed by atoms with Crippen molar-refractivity contribution in [2.24, 2.45) is 17.3 Å². The van der Waals surface area contributed by atoms with Crippen LogP contribution in [0.1, 0.15) is 91.7 Å². The topological polar surface area (TPSA) is 216 Å². The lowest BCUT2D eigenvalue weighted by molar-refractivity contribution is -0.143. The molecule has 2 aliphatic carbocycles. The molecule has 2 bridgehead atoms. The predicted molar refractivity (Wildman–Crippen MR) is 215 cm³/mol. The summed E-state index contributed by atoms with van der Waals surface area (Å²) < 4.78 is 74.1. The third-order valence-corrected chi connectivity index (χ3v) is 14.5. The van der Waals surface area contributed by atoms with Crippen LogP contribution in [0.3, 0.4) is 0 Å². The number of hydrogen-bond acceptors (Lipinski definition) is 12. The normalized spacial score (nSPS) is 30.0. The first-order valence-corrected chi connectivity index (χ1v) is 22.5. The number of likely N-dealkylation sites (tertiary alicyclic amines) is 1. The minimum absolute atomic E-state index is 0.150. The minimum atomic E-state index is -4.17. The molecule has 7 rings (SSSR count). The summed E-state index contributed by atoms with van der Waals surface area (Å²) in [5.74, 6) is -5.01. The van der Waals surface area contributed by atoms with Gasteiger partial charge < -0.3 is 34.6 Å². The quantitative estimate of drug-likeness (QED) is 0.366. The Morgan fingerprint density at radius 2 is 1.75 bits per heavy atom.